The summed E-state index contributed by atoms with van der Waals surface area (Å²) >= 11 is 0. The predicted octanol–water partition coefficient (Wildman–Crippen LogP) is 4.57. The number of ether oxygens (including phenoxy) is 3. The first-order valence-electron chi connectivity index (χ1n) is 12.8. The van der Waals surface area contributed by atoms with Crippen LogP contribution in [0.2, 0.25) is 0 Å². The van der Waals surface area contributed by atoms with Gasteiger partial charge in [-0.25, -0.2) is 9.18 Å². The van der Waals surface area contributed by atoms with E-state index in [1.54, 1.807) is 32.2 Å². The standard InChI is InChI=1S/C29H36FN3O7.BrH/c1-8-39-22-11-18-13-33(28(31)24(18)25(30)27(22)38-7)14-21(35)17-9-19(12-32(6)16(2)34)26(40-15-23(36)37)20(10-17)29(3,4)5;/h9-11,31H,8,12-15H2,1-7H3,(H,36,37);1H. The summed E-state index contributed by atoms with van der Waals surface area (Å²) in [6.45, 7) is 8.61. The number of amides is 1. The topological polar surface area (TPSA) is 129 Å². The minimum atomic E-state index is -1.16. The highest BCUT2D eigenvalue weighted by Gasteiger charge is 2.33. The number of amidine groups is 1. The second-order valence-corrected chi connectivity index (χ2v) is 10.6. The van der Waals surface area contributed by atoms with Gasteiger partial charge in [0.15, 0.2) is 29.7 Å². The van der Waals surface area contributed by atoms with E-state index in [1.165, 1.54) is 23.8 Å². The van der Waals surface area contributed by atoms with E-state index in [0.29, 0.717) is 34.6 Å². The van der Waals surface area contributed by atoms with Gasteiger partial charge in [0, 0.05) is 43.8 Å². The zero-order chi connectivity index (χ0) is 29.9. The van der Waals surface area contributed by atoms with Crippen LogP contribution in [0.5, 0.6) is 17.2 Å². The highest BCUT2D eigenvalue weighted by molar-refractivity contribution is 8.93. The third-order valence-electron chi connectivity index (χ3n) is 6.60. The number of nitrogens with one attached hydrogen (secondary N) is 1. The number of carboxylic acids is 1. The number of benzene rings is 2. The van der Waals surface area contributed by atoms with E-state index in [0.717, 1.165) is 0 Å². The van der Waals surface area contributed by atoms with Gasteiger partial charge in [-0.15, -0.1) is 17.0 Å². The van der Waals surface area contributed by atoms with Crippen LogP contribution in [0.4, 0.5) is 4.39 Å². The van der Waals surface area contributed by atoms with Crippen molar-refractivity contribution in [1.82, 2.24) is 9.80 Å². The molecule has 41 heavy (non-hydrogen) atoms. The van der Waals surface area contributed by atoms with Crippen LogP contribution in [0.25, 0.3) is 0 Å². The van der Waals surface area contributed by atoms with Crippen LogP contribution < -0.4 is 14.2 Å². The van der Waals surface area contributed by atoms with Gasteiger partial charge in [-0.3, -0.25) is 15.0 Å². The highest BCUT2D eigenvalue weighted by Crippen LogP contribution is 2.39. The molecular formula is C29H37BrFN3O7. The first-order valence-corrected chi connectivity index (χ1v) is 12.8. The molecule has 0 atom stereocenters. The second kappa shape index (κ2) is 13.3. The first kappa shape index (κ1) is 33.5. The molecule has 0 unspecified atom stereocenters. The first-order chi connectivity index (χ1) is 18.7. The quantitative estimate of drug-likeness (QED) is 0.343. The third kappa shape index (κ3) is 7.35. The number of carbonyl (C=O) groups excluding carboxylic acids is 2. The number of hydrogen-bond donors (Lipinski definition) is 2. The number of carbonyl (C=O) groups is 3. The van der Waals surface area contributed by atoms with Crippen LogP contribution in [0.1, 0.15) is 67.2 Å². The molecule has 1 amide bonds. The Balaban J connectivity index is 0.00000588. The lowest BCUT2D eigenvalue weighted by Crippen LogP contribution is -2.31. The largest absolute Gasteiger partial charge is 0.490 e. The summed E-state index contributed by atoms with van der Waals surface area (Å²) in [6.07, 6.45) is 0. The number of ketones is 1. The maximum atomic E-state index is 15.3. The van der Waals surface area contributed by atoms with Gasteiger partial charge in [-0.05, 0) is 36.1 Å². The molecule has 0 fully saturated rings. The summed E-state index contributed by atoms with van der Waals surface area (Å²) in [7, 11) is 2.92. The van der Waals surface area contributed by atoms with Gasteiger partial charge in [0.1, 0.15) is 11.6 Å². The molecule has 2 aromatic carbocycles. The lowest BCUT2D eigenvalue weighted by molar-refractivity contribution is -0.139. The maximum Gasteiger partial charge on any atom is 0.341 e. The number of aliphatic carboxylic acids is 1. The van der Waals surface area contributed by atoms with Crippen LogP contribution in [0.3, 0.4) is 0 Å². The molecule has 0 aromatic heterocycles. The lowest BCUT2D eigenvalue weighted by Gasteiger charge is -2.27. The average Bonchev–Trinajstić information content (AvgIpc) is 3.17. The van der Waals surface area contributed by atoms with Gasteiger partial charge in [0.05, 0.1) is 25.8 Å². The zero-order valence-corrected chi connectivity index (χ0v) is 26.1. The molecule has 0 saturated heterocycles. The zero-order valence-electron chi connectivity index (χ0n) is 24.3. The molecule has 1 aliphatic rings. The van der Waals surface area contributed by atoms with Crippen LogP contribution >= 0.6 is 17.0 Å². The minimum absolute atomic E-state index is 0. The molecule has 224 valence electrons. The summed E-state index contributed by atoms with van der Waals surface area (Å²) < 4.78 is 31.7. The molecule has 1 aliphatic heterocycles. The van der Waals surface area contributed by atoms with Crippen molar-refractivity contribution < 1.29 is 38.1 Å². The number of methoxy groups -OCH3 is 1. The van der Waals surface area contributed by atoms with Crippen LogP contribution in [-0.4, -0.2) is 72.3 Å². The van der Waals surface area contributed by atoms with E-state index in [9.17, 15) is 19.5 Å². The summed E-state index contributed by atoms with van der Waals surface area (Å²) in [4.78, 5) is 39.8. The fourth-order valence-corrected chi connectivity index (χ4v) is 4.53. The molecule has 2 aromatic rings. The number of carboxylic acid groups (broad SMARTS) is 1. The van der Waals surface area contributed by atoms with Crippen molar-refractivity contribution in [3.8, 4) is 17.2 Å². The van der Waals surface area contributed by atoms with Gasteiger partial charge in [-0.2, -0.15) is 0 Å². The van der Waals surface area contributed by atoms with Gasteiger partial charge in [0.25, 0.3) is 0 Å². The predicted molar refractivity (Wildman–Crippen MR) is 156 cm³/mol. The van der Waals surface area contributed by atoms with Crippen molar-refractivity contribution in [1.29, 1.82) is 5.41 Å². The normalized spacial score (nSPS) is 12.4. The Bertz CT molecular complexity index is 1360. The summed E-state index contributed by atoms with van der Waals surface area (Å²) in [5.74, 6) is -2.13. The van der Waals surface area contributed by atoms with Crippen molar-refractivity contribution in [2.24, 2.45) is 0 Å². The van der Waals surface area contributed by atoms with Crippen LogP contribution in [0, 0.1) is 11.2 Å². The monoisotopic (exact) mass is 637 g/mol. The Morgan fingerprint density at radius 1 is 1.15 bits per heavy atom. The fraction of sp³-hybridized carbons (Fsp3) is 0.448. The van der Waals surface area contributed by atoms with Gasteiger partial charge >= 0.3 is 5.97 Å². The van der Waals surface area contributed by atoms with E-state index >= 15 is 4.39 Å². The maximum absolute atomic E-state index is 15.3. The lowest BCUT2D eigenvalue weighted by atomic mass is 9.83. The molecule has 10 nitrogen and oxygen atoms in total. The number of Topliss-reactive ketones (excluding diaryl/α,β-unsaturated/α-hetero) is 1. The number of fused-ring (bicyclic) bond motifs is 1. The Kier molecular flexibility index (Phi) is 10.9. The summed E-state index contributed by atoms with van der Waals surface area (Å²) in [5.41, 5.74) is 1.41. The molecule has 2 N–H and O–H groups in total. The Morgan fingerprint density at radius 3 is 2.34 bits per heavy atom. The van der Waals surface area contributed by atoms with E-state index < -0.39 is 23.8 Å². The SMILES string of the molecule is Br.CCOc1cc2c(c(F)c1OC)C(=N)N(CC(=O)c1cc(CN(C)C(C)=O)c(OCC(=O)O)c(C(C)(C)C)c1)C2. The Morgan fingerprint density at radius 2 is 1.80 bits per heavy atom. The summed E-state index contributed by atoms with van der Waals surface area (Å²) in [5, 5.41) is 17.8. The van der Waals surface area contributed by atoms with Crippen molar-refractivity contribution in [3.63, 3.8) is 0 Å². The van der Waals surface area contributed by atoms with Crippen molar-refractivity contribution >= 4 is 40.5 Å². The van der Waals surface area contributed by atoms with Crippen molar-refractivity contribution in [3.05, 3.63) is 51.8 Å². The second-order valence-electron chi connectivity index (χ2n) is 10.6. The van der Waals surface area contributed by atoms with Crippen molar-refractivity contribution in [2.75, 3.05) is 33.9 Å². The third-order valence-corrected chi connectivity index (χ3v) is 6.60. The van der Waals surface area contributed by atoms with Crippen LogP contribution in [0.15, 0.2) is 18.2 Å². The fourth-order valence-electron chi connectivity index (χ4n) is 4.53. The Hall–Kier alpha value is -3.67. The number of halogens is 2. The van der Waals surface area contributed by atoms with E-state index in [2.05, 4.69) is 0 Å². The molecule has 12 heteroatoms. The van der Waals surface area contributed by atoms with E-state index in [4.69, 9.17) is 19.6 Å². The molecular weight excluding hydrogens is 601 g/mol. The highest BCUT2D eigenvalue weighted by atomic mass is 79.9. The Labute approximate surface area is 249 Å². The van der Waals surface area contributed by atoms with E-state index in [1.807, 2.05) is 20.8 Å². The molecule has 0 bridgehead atoms. The molecule has 1 heterocycles. The molecule has 0 spiro atoms. The number of rotatable bonds is 11. The molecule has 3 rings (SSSR count). The van der Waals surface area contributed by atoms with Gasteiger partial charge in [-0.1, -0.05) is 20.8 Å². The minimum Gasteiger partial charge on any atom is -0.490 e. The van der Waals surface area contributed by atoms with Gasteiger partial charge in [0.2, 0.25) is 5.91 Å². The number of nitrogens with zero attached hydrogens (tertiary/aromatic N) is 2. The van der Waals surface area contributed by atoms with E-state index in [-0.39, 0.29) is 71.2 Å². The molecule has 0 saturated carbocycles. The number of hydrogen-bond acceptors (Lipinski definition) is 7. The van der Waals surface area contributed by atoms with Crippen molar-refractivity contribution in [2.45, 2.75) is 53.1 Å². The van der Waals surface area contributed by atoms with Gasteiger partial charge < -0.3 is 29.1 Å². The summed E-state index contributed by atoms with van der Waals surface area (Å²) in [6, 6.07) is 4.86. The average molecular weight is 639 g/mol. The molecule has 0 radical (unpaired) electrons. The smallest absolute Gasteiger partial charge is 0.341 e. The molecule has 0 aliphatic carbocycles. The van der Waals surface area contributed by atoms with Crippen LogP contribution in [-0.2, 0) is 28.1 Å².